The molecule has 0 aliphatic rings. The highest BCUT2D eigenvalue weighted by atomic mass is 16.5. The van der Waals surface area contributed by atoms with Gasteiger partial charge in [0.05, 0.1) is 19.8 Å². The number of rotatable bonds is 3. The summed E-state index contributed by atoms with van der Waals surface area (Å²) in [4.78, 5) is 10.5. The molecule has 0 aliphatic heterocycles. The van der Waals surface area contributed by atoms with Gasteiger partial charge in [0, 0.05) is 6.07 Å². The van der Waals surface area contributed by atoms with Crippen molar-refractivity contribution in [3.05, 3.63) is 23.8 Å². The number of aromatic carboxylic acids is 1. The van der Waals surface area contributed by atoms with Gasteiger partial charge >= 0.3 is 5.97 Å². The van der Waals surface area contributed by atoms with Crippen LogP contribution in [0.1, 0.15) is 10.4 Å². The van der Waals surface area contributed by atoms with Gasteiger partial charge in [-0.2, -0.15) is 0 Å². The summed E-state index contributed by atoms with van der Waals surface area (Å²) in [5.41, 5.74) is 0.0534. The highest BCUT2D eigenvalue weighted by Gasteiger charge is 2.08. The van der Waals surface area contributed by atoms with Crippen molar-refractivity contribution in [3.63, 3.8) is 0 Å². The normalized spacial score (nSPS) is 9.38. The molecule has 0 aromatic heterocycles. The maximum atomic E-state index is 10.5. The van der Waals surface area contributed by atoms with E-state index >= 15 is 0 Å². The summed E-state index contributed by atoms with van der Waals surface area (Å²) in [5, 5.41) is 8.64. The maximum absolute atomic E-state index is 10.5. The van der Waals surface area contributed by atoms with E-state index in [1.807, 2.05) is 0 Å². The van der Waals surface area contributed by atoms with Gasteiger partial charge < -0.3 is 14.6 Å². The third-order valence-electron chi connectivity index (χ3n) is 1.55. The van der Waals surface area contributed by atoms with Gasteiger partial charge in [-0.15, -0.1) is 0 Å². The van der Waals surface area contributed by atoms with Crippen LogP contribution in [0.2, 0.25) is 0 Å². The van der Waals surface area contributed by atoms with Crippen LogP contribution >= 0.6 is 0 Å². The molecule has 0 saturated heterocycles. The van der Waals surface area contributed by atoms with E-state index in [9.17, 15) is 4.79 Å². The quantitative estimate of drug-likeness (QED) is 0.761. The zero-order valence-electron chi connectivity index (χ0n) is 7.33. The van der Waals surface area contributed by atoms with Gasteiger partial charge in [0.1, 0.15) is 0 Å². The van der Waals surface area contributed by atoms with Gasteiger partial charge in [-0.25, -0.2) is 4.79 Å². The van der Waals surface area contributed by atoms with Crippen LogP contribution in [0.4, 0.5) is 0 Å². The number of ether oxygens (including phenoxy) is 2. The third kappa shape index (κ3) is 1.90. The number of carbonyl (C=O) groups is 1. The molecule has 0 spiro atoms. The average molecular weight is 181 g/mol. The van der Waals surface area contributed by atoms with Gasteiger partial charge in [0.2, 0.25) is 0 Å². The minimum atomic E-state index is -1.04. The second-order valence-electron chi connectivity index (χ2n) is 2.29. The molecule has 1 N–H and O–H groups in total. The smallest absolute Gasteiger partial charge is 0.336 e. The lowest BCUT2D eigenvalue weighted by atomic mass is 10.2. The summed E-state index contributed by atoms with van der Waals surface area (Å²) in [5.74, 6) is -0.188. The fraction of sp³-hybridized carbons (Fsp3) is 0.222. The molecular formula is C9H9O4. The molecule has 1 aromatic rings. The molecule has 0 aliphatic carbocycles. The first kappa shape index (κ1) is 9.38. The zero-order valence-corrected chi connectivity index (χ0v) is 7.33. The van der Waals surface area contributed by atoms with E-state index < -0.39 is 5.97 Å². The maximum Gasteiger partial charge on any atom is 0.336 e. The highest BCUT2D eigenvalue weighted by Crippen LogP contribution is 2.26. The lowest BCUT2D eigenvalue weighted by Crippen LogP contribution is -1.98. The Morgan fingerprint density at radius 1 is 1.38 bits per heavy atom. The van der Waals surface area contributed by atoms with Crippen molar-refractivity contribution >= 4 is 5.97 Å². The number of hydrogen-bond acceptors (Lipinski definition) is 3. The van der Waals surface area contributed by atoms with E-state index in [0.717, 1.165) is 0 Å². The van der Waals surface area contributed by atoms with E-state index in [4.69, 9.17) is 14.6 Å². The molecule has 1 aromatic carbocycles. The Kier molecular flexibility index (Phi) is 2.74. The fourth-order valence-electron chi connectivity index (χ4n) is 0.901. The molecule has 0 amide bonds. The Morgan fingerprint density at radius 3 is 2.46 bits per heavy atom. The lowest BCUT2D eigenvalue weighted by molar-refractivity contribution is 0.0696. The van der Waals surface area contributed by atoms with Crippen LogP contribution in [-0.4, -0.2) is 25.3 Å². The van der Waals surface area contributed by atoms with E-state index in [0.29, 0.717) is 11.5 Å². The second-order valence-corrected chi connectivity index (χ2v) is 2.29. The second kappa shape index (κ2) is 3.80. The minimum absolute atomic E-state index is 0.0534. The molecule has 13 heavy (non-hydrogen) atoms. The van der Waals surface area contributed by atoms with Crippen molar-refractivity contribution < 1.29 is 19.4 Å². The van der Waals surface area contributed by atoms with Crippen molar-refractivity contribution in [1.29, 1.82) is 0 Å². The molecule has 0 saturated carbocycles. The van der Waals surface area contributed by atoms with E-state index in [-0.39, 0.29) is 5.56 Å². The number of methoxy groups -OCH3 is 2. The first-order valence-corrected chi connectivity index (χ1v) is 3.56. The molecule has 4 heteroatoms. The van der Waals surface area contributed by atoms with Gasteiger partial charge in [-0.3, -0.25) is 0 Å². The molecule has 0 atom stereocenters. The first-order valence-electron chi connectivity index (χ1n) is 3.56. The summed E-state index contributed by atoms with van der Waals surface area (Å²) in [6.45, 7) is 0. The van der Waals surface area contributed by atoms with Crippen molar-refractivity contribution in [2.75, 3.05) is 14.2 Å². The van der Waals surface area contributed by atoms with Gasteiger partial charge in [-0.05, 0) is 12.1 Å². The van der Waals surface area contributed by atoms with Crippen LogP contribution in [0.5, 0.6) is 11.5 Å². The summed E-state index contributed by atoms with van der Waals surface area (Å²) in [6.07, 6.45) is 0. The third-order valence-corrected chi connectivity index (χ3v) is 1.55. The molecule has 0 heterocycles. The predicted molar refractivity (Wildman–Crippen MR) is 45.3 cm³/mol. The van der Waals surface area contributed by atoms with Gasteiger partial charge in [0.15, 0.2) is 11.5 Å². The van der Waals surface area contributed by atoms with Crippen molar-refractivity contribution in [2.45, 2.75) is 0 Å². The van der Waals surface area contributed by atoms with Crippen LogP contribution in [-0.2, 0) is 0 Å². The van der Waals surface area contributed by atoms with E-state index in [1.165, 1.54) is 26.4 Å². The molecule has 1 rings (SSSR count). The van der Waals surface area contributed by atoms with Gasteiger partial charge in [-0.1, -0.05) is 0 Å². The summed E-state index contributed by atoms with van der Waals surface area (Å²) < 4.78 is 9.84. The van der Waals surface area contributed by atoms with Crippen LogP contribution in [0, 0.1) is 6.07 Å². The largest absolute Gasteiger partial charge is 0.493 e. The summed E-state index contributed by atoms with van der Waals surface area (Å²) >= 11 is 0. The molecule has 0 bridgehead atoms. The van der Waals surface area contributed by atoms with Crippen molar-refractivity contribution in [1.82, 2.24) is 0 Å². The zero-order chi connectivity index (χ0) is 9.84. The predicted octanol–water partition coefficient (Wildman–Crippen LogP) is 1.20. The van der Waals surface area contributed by atoms with E-state index in [1.54, 1.807) is 0 Å². The Labute approximate surface area is 75.7 Å². The Morgan fingerprint density at radius 2 is 2.00 bits per heavy atom. The molecule has 4 nitrogen and oxygen atoms in total. The number of benzene rings is 1. The highest BCUT2D eigenvalue weighted by molar-refractivity contribution is 5.88. The molecule has 0 fully saturated rings. The topological polar surface area (TPSA) is 55.8 Å². The standard InChI is InChI=1S/C9H9O4/c1-12-7-4-3-6(9(10)11)5-8(7)13-2/h4-5H,1-2H3,(H,10,11). The van der Waals surface area contributed by atoms with Crippen molar-refractivity contribution in [2.24, 2.45) is 0 Å². The molecule has 1 radical (unpaired) electrons. The number of carboxylic acids is 1. The van der Waals surface area contributed by atoms with Crippen LogP contribution in [0.15, 0.2) is 12.1 Å². The van der Waals surface area contributed by atoms with Crippen LogP contribution < -0.4 is 9.47 Å². The average Bonchev–Trinajstić information content (AvgIpc) is 2.16. The SMILES string of the molecule is COc1c[c]c(C(=O)O)cc1OC. The summed E-state index contributed by atoms with van der Waals surface area (Å²) in [7, 11) is 2.93. The minimum Gasteiger partial charge on any atom is -0.493 e. The first-order chi connectivity index (χ1) is 6.19. The molecule has 69 valence electrons. The summed E-state index contributed by atoms with van der Waals surface area (Å²) in [6, 6.07) is 5.35. The van der Waals surface area contributed by atoms with Crippen LogP contribution in [0.3, 0.4) is 0 Å². The lowest BCUT2D eigenvalue weighted by Gasteiger charge is -2.06. The molecule has 0 unspecified atom stereocenters. The fourth-order valence-corrected chi connectivity index (χ4v) is 0.901. The Hall–Kier alpha value is -1.71. The monoisotopic (exact) mass is 181 g/mol. The van der Waals surface area contributed by atoms with Crippen LogP contribution in [0.25, 0.3) is 0 Å². The van der Waals surface area contributed by atoms with Crippen molar-refractivity contribution in [3.8, 4) is 11.5 Å². The number of hydrogen-bond donors (Lipinski definition) is 1. The van der Waals surface area contributed by atoms with Gasteiger partial charge in [0.25, 0.3) is 0 Å². The Bertz CT molecular complexity index is 319. The Balaban J connectivity index is 3.13. The number of carboxylic acid groups (broad SMARTS) is 1. The molecular weight excluding hydrogens is 172 g/mol. The van der Waals surface area contributed by atoms with E-state index in [2.05, 4.69) is 6.07 Å².